The third-order valence-corrected chi connectivity index (χ3v) is 4.79. The van der Waals surface area contributed by atoms with Crippen molar-refractivity contribution < 1.29 is 14.3 Å². The summed E-state index contributed by atoms with van der Waals surface area (Å²) in [6.07, 6.45) is 0.692. The second kappa shape index (κ2) is 8.98. The molecule has 0 aliphatic carbocycles. The Kier molecular flexibility index (Phi) is 6.95. The number of carbonyl (C=O) groups is 1. The van der Waals surface area contributed by atoms with E-state index in [1.165, 1.54) is 16.4 Å². The molecule has 0 spiro atoms. The zero-order chi connectivity index (χ0) is 20.0. The highest BCUT2D eigenvalue weighted by Crippen LogP contribution is 2.27. The summed E-state index contributed by atoms with van der Waals surface area (Å²) >= 11 is 1.27. The number of nitrogen functional groups attached to an aromatic ring is 1. The number of amides is 1. The van der Waals surface area contributed by atoms with Crippen molar-refractivity contribution in [3.63, 3.8) is 0 Å². The molecule has 2 rings (SSSR count). The second-order valence-electron chi connectivity index (χ2n) is 7.00. The normalized spacial score (nSPS) is 11.3. The van der Waals surface area contributed by atoms with Gasteiger partial charge in [0.15, 0.2) is 17.3 Å². The SMILES string of the molecule is COc1ccc(CCNC(=O)CSc2nnc(C(C)(C)C)n2N)cc1OC. The highest BCUT2D eigenvalue weighted by atomic mass is 32.2. The smallest absolute Gasteiger partial charge is 0.230 e. The molecule has 27 heavy (non-hydrogen) atoms. The van der Waals surface area contributed by atoms with Gasteiger partial charge in [-0.3, -0.25) is 4.79 Å². The maximum atomic E-state index is 12.1. The molecule has 9 heteroatoms. The lowest BCUT2D eigenvalue weighted by atomic mass is 9.96. The fourth-order valence-corrected chi connectivity index (χ4v) is 3.14. The molecule has 0 aliphatic rings. The number of nitrogens with zero attached hydrogens (tertiary/aromatic N) is 3. The third-order valence-electron chi connectivity index (χ3n) is 3.85. The van der Waals surface area contributed by atoms with Crippen molar-refractivity contribution in [1.29, 1.82) is 0 Å². The molecule has 0 fully saturated rings. The van der Waals surface area contributed by atoms with Gasteiger partial charge in [-0.1, -0.05) is 38.6 Å². The van der Waals surface area contributed by atoms with Crippen LogP contribution in [0, 0.1) is 0 Å². The molecule has 3 N–H and O–H groups in total. The summed E-state index contributed by atoms with van der Waals surface area (Å²) in [5, 5.41) is 11.6. The molecule has 1 aromatic carbocycles. The molecule has 0 aliphatic heterocycles. The molecule has 148 valence electrons. The van der Waals surface area contributed by atoms with Crippen LogP contribution in [0.2, 0.25) is 0 Å². The van der Waals surface area contributed by atoms with Crippen LogP contribution in [0.25, 0.3) is 0 Å². The van der Waals surface area contributed by atoms with Crippen molar-refractivity contribution in [1.82, 2.24) is 20.2 Å². The molecule has 0 bridgehead atoms. The Labute approximate surface area is 163 Å². The average molecular weight is 394 g/mol. The maximum absolute atomic E-state index is 12.1. The summed E-state index contributed by atoms with van der Waals surface area (Å²) in [7, 11) is 3.20. The van der Waals surface area contributed by atoms with Crippen molar-refractivity contribution in [3.8, 4) is 11.5 Å². The van der Waals surface area contributed by atoms with E-state index in [0.29, 0.717) is 35.4 Å². The van der Waals surface area contributed by atoms with Gasteiger partial charge in [0.05, 0.1) is 20.0 Å². The lowest BCUT2D eigenvalue weighted by molar-refractivity contribution is -0.118. The van der Waals surface area contributed by atoms with E-state index < -0.39 is 0 Å². The van der Waals surface area contributed by atoms with Crippen LogP contribution >= 0.6 is 11.8 Å². The highest BCUT2D eigenvalue weighted by Gasteiger charge is 2.23. The molecular formula is C18H27N5O3S. The van der Waals surface area contributed by atoms with Crippen LogP contribution in [0.1, 0.15) is 32.2 Å². The molecule has 1 heterocycles. The highest BCUT2D eigenvalue weighted by molar-refractivity contribution is 7.99. The van der Waals surface area contributed by atoms with Gasteiger partial charge in [-0.15, -0.1) is 10.2 Å². The molecule has 1 aromatic heterocycles. The predicted octanol–water partition coefficient (Wildman–Crippen LogP) is 1.76. The Morgan fingerprint density at radius 3 is 2.52 bits per heavy atom. The first-order chi connectivity index (χ1) is 12.8. The molecule has 0 radical (unpaired) electrons. The standard InChI is InChI=1S/C18H27N5O3S/c1-18(2,3)16-21-22-17(23(16)19)27-11-15(24)20-9-8-12-6-7-13(25-4)14(10-12)26-5/h6-7,10H,8-9,11,19H2,1-5H3,(H,20,24). The van der Waals surface area contributed by atoms with Gasteiger partial charge in [0, 0.05) is 12.0 Å². The zero-order valence-corrected chi connectivity index (χ0v) is 17.2. The van der Waals surface area contributed by atoms with Crippen molar-refractivity contribution >= 4 is 17.7 Å². The molecule has 0 saturated carbocycles. The van der Waals surface area contributed by atoms with Crippen LogP contribution in [0.3, 0.4) is 0 Å². The molecule has 1 amide bonds. The van der Waals surface area contributed by atoms with Gasteiger partial charge >= 0.3 is 0 Å². The quantitative estimate of drug-likeness (QED) is 0.520. The van der Waals surface area contributed by atoms with Crippen LogP contribution in [0.5, 0.6) is 11.5 Å². The van der Waals surface area contributed by atoms with Gasteiger partial charge in [0.1, 0.15) is 0 Å². The predicted molar refractivity (Wildman–Crippen MR) is 106 cm³/mol. The molecule has 8 nitrogen and oxygen atoms in total. The first kappa shape index (κ1) is 20.9. The minimum atomic E-state index is -0.206. The summed E-state index contributed by atoms with van der Waals surface area (Å²) in [5.41, 5.74) is 0.847. The fourth-order valence-electron chi connectivity index (χ4n) is 2.45. The van der Waals surface area contributed by atoms with Crippen LogP contribution < -0.4 is 20.6 Å². The van der Waals surface area contributed by atoms with E-state index in [1.807, 2.05) is 39.0 Å². The second-order valence-corrected chi connectivity index (χ2v) is 7.95. The average Bonchev–Trinajstić information content (AvgIpc) is 3.00. The number of nitrogens with one attached hydrogen (secondary N) is 1. The van der Waals surface area contributed by atoms with Crippen molar-refractivity contribution in [2.45, 2.75) is 37.8 Å². The van der Waals surface area contributed by atoms with E-state index in [9.17, 15) is 4.79 Å². The van der Waals surface area contributed by atoms with Gasteiger partial charge in [-0.25, -0.2) is 4.68 Å². The first-order valence-electron chi connectivity index (χ1n) is 8.57. The van der Waals surface area contributed by atoms with Gasteiger partial charge in [0.2, 0.25) is 11.1 Å². The molecule has 0 atom stereocenters. The van der Waals surface area contributed by atoms with E-state index in [4.69, 9.17) is 15.3 Å². The van der Waals surface area contributed by atoms with Gasteiger partial charge in [-0.2, -0.15) is 0 Å². The van der Waals surface area contributed by atoms with Gasteiger partial charge in [0.25, 0.3) is 0 Å². The number of aromatic nitrogens is 3. The Morgan fingerprint density at radius 2 is 1.93 bits per heavy atom. The monoisotopic (exact) mass is 393 g/mol. The number of methoxy groups -OCH3 is 2. The van der Waals surface area contributed by atoms with Gasteiger partial charge < -0.3 is 20.6 Å². The van der Waals surface area contributed by atoms with E-state index in [-0.39, 0.29) is 17.1 Å². The van der Waals surface area contributed by atoms with Crippen LogP contribution in [0.4, 0.5) is 0 Å². The third kappa shape index (κ3) is 5.53. The minimum Gasteiger partial charge on any atom is -0.493 e. The Morgan fingerprint density at radius 1 is 1.22 bits per heavy atom. The topological polar surface area (TPSA) is 104 Å². The maximum Gasteiger partial charge on any atom is 0.230 e. The summed E-state index contributed by atoms with van der Waals surface area (Å²) in [5.74, 6) is 8.20. The van der Waals surface area contributed by atoms with Crippen LogP contribution in [-0.4, -0.2) is 47.3 Å². The lowest BCUT2D eigenvalue weighted by Gasteiger charge is -2.16. The minimum absolute atomic E-state index is 0.0826. The zero-order valence-electron chi connectivity index (χ0n) is 16.4. The van der Waals surface area contributed by atoms with Crippen molar-refractivity contribution in [3.05, 3.63) is 29.6 Å². The number of nitrogens with two attached hydrogens (primary N) is 1. The Balaban J connectivity index is 1.81. The number of carbonyl (C=O) groups excluding carboxylic acids is 1. The lowest BCUT2D eigenvalue weighted by Crippen LogP contribution is -2.28. The summed E-state index contributed by atoms with van der Waals surface area (Å²) < 4.78 is 12.0. The molecular weight excluding hydrogens is 366 g/mol. The van der Waals surface area contributed by atoms with E-state index in [2.05, 4.69) is 15.5 Å². The molecule has 0 unspecified atom stereocenters. The largest absolute Gasteiger partial charge is 0.493 e. The van der Waals surface area contributed by atoms with E-state index in [0.717, 1.165) is 5.56 Å². The summed E-state index contributed by atoms with van der Waals surface area (Å²) in [4.78, 5) is 12.1. The Bertz CT molecular complexity index is 786. The van der Waals surface area contributed by atoms with E-state index in [1.54, 1.807) is 14.2 Å². The van der Waals surface area contributed by atoms with Crippen LogP contribution in [0.15, 0.2) is 23.4 Å². The van der Waals surface area contributed by atoms with Crippen molar-refractivity contribution in [2.24, 2.45) is 0 Å². The molecule has 2 aromatic rings. The number of benzene rings is 1. The number of hydrogen-bond donors (Lipinski definition) is 2. The van der Waals surface area contributed by atoms with Crippen molar-refractivity contribution in [2.75, 3.05) is 32.4 Å². The van der Waals surface area contributed by atoms with Crippen LogP contribution in [-0.2, 0) is 16.6 Å². The number of rotatable bonds is 8. The van der Waals surface area contributed by atoms with Gasteiger partial charge in [-0.05, 0) is 24.1 Å². The summed E-state index contributed by atoms with van der Waals surface area (Å²) in [6, 6.07) is 5.71. The summed E-state index contributed by atoms with van der Waals surface area (Å²) in [6.45, 7) is 6.55. The molecule has 0 saturated heterocycles. The number of hydrogen-bond acceptors (Lipinski definition) is 7. The fraction of sp³-hybridized carbons (Fsp3) is 0.500. The van der Waals surface area contributed by atoms with E-state index >= 15 is 0 Å². The Hall–Kier alpha value is -2.42. The first-order valence-corrected chi connectivity index (χ1v) is 9.56. The number of thioether (sulfide) groups is 1. The number of ether oxygens (including phenoxy) is 2.